The lowest BCUT2D eigenvalue weighted by atomic mass is 9.97. The van der Waals surface area contributed by atoms with Crippen LogP contribution in [0.2, 0.25) is 0 Å². The summed E-state index contributed by atoms with van der Waals surface area (Å²) in [5.74, 6) is -0.853. The standard InChI is InChI=1S/C16H16N2O2/c19-16(20)13-6-3-5-12-14(13)10-18-15(12)8-7-11-4-1-2-9-17-11/h1-6,9,15,18H,7-8,10H2,(H,19,20). The molecule has 2 aromatic rings. The number of carbonyl (C=O) groups is 1. The molecule has 2 heterocycles. The molecule has 0 fully saturated rings. The highest BCUT2D eigenvalue weighted by molar-refractivity contribution is 5.90. The van der Waals surface area contributed by atoms with Crippen molar-refractivity contribution in [3.8, 4) is 0 Å². The number of rotatable bonds is 4. The molecule has 3 rings (SSSR count). The van der Waals surface area contributed by atoms with Crippen molar-refractivity contribution in [3.05, 3.63) is 65.0 Å². The summed E-state index contributed by atoms with van der Waals surface area (Å²) in [6, 6.07) is 11.6. The van der Waals surface area contributed by atoms with Crippen LogP contribution < -0.4 is 5.32 Å². The van der Waals surface area contributed by atoms with E-state index >= 15 is 0 Å². The van der Waals surface area contributed by atoms with Gasteiger partial charge in [0.05, 0.1) is 5.56 Å². The monoisotopic (exact) mass is 268 g/mol. The van der Waals surface area contributed by atoms with Gasteiger partial charge in [0, 0.05) is 24.5 Å². The Hall–Kier alpha value is -2.20. The lowest BCUT2D eigenvalue weighted by Crippen LogP contribution is -2.13. The third-order valence-corrected chi connectivity index (χ3v) is 3.76. The number of aromatic carboxylic acids is 1. The zero-order chi connectivity index (χ0) is 13.9. The fourth-order valence-electron chi connectivity index (χ4n) is 2.76. The summed E-state index contributed by atoms with van der Waals surface area (Å²) in [4.78, 5) is 15.5. The van der Waals surface area contributed by atoms with Gasteiger partial charge in [-0.3, -0.25) is 4.98 Å². The Bertz CT molecular complexity index is 626. The summed E-state index contributed by atoms with van der Waals surface area (Å²) in [7, 11) is 0. The fraction of sp³-hybridized carbons (Fsp3) is 0.250. The Morgan fingerprint density at radius 3 is 2.95 bits per heavy atom. The first-order valence-electron chi connectivity index (χ1n) is 6.74. The number of nitrogens with zero attached hydrogens (tertiary/aromatic N) is 1. The molecule has 4 heteroatoms. The van der Waals surface area contributed by atoms with E-state index in [-0.39, 0.29) is 6.04 Å². The number of hydrogen-bond donors (Lipinski definition) is 2. The number of hydrogen-bond acceptors (Lipinski definition) is 3. The molecule has 1 aliphatic heterocycles. The first-order chi connectivity index (χ1) is 9.75. The van der Waals surface area contributed by atoms with E-state index in [2.05, 4.69) is 10.3 Å². The van der Waals surface area contributed by atoms with Crippen LogP contribution in [0.3, 0.4) is 0 Å². The molecule has 0 saturated heterocycles. The molecule has 1 aromatic carbocycles. The van der Waals surface area contributed by atoms with E-state index < -0.39 is 5.97 Å². The van der Waals surface area contributed by atoms with Crippen molar-refractivity contribution in [2.24, 2.45) is 0 Å². The van der Waals surface area contributed by atoms with Crippen molar-refractivity contribution in [2.75, 3.05) is 0 Å². The van der Waals surface area contributed by atoms with Gasteiger partial charge < -0.3 is 10.4 Å². The molecule has 4 nitrogen and oxygen atoms in total. The smallest absolute Gasteiger partial charge is 0.336 e. The van der Waals surface area contributed by atoms with Gasteiger partial charge >= 0.3 is 5.97 Å². The van der Waals surface area contributed by atoms with E-state index in [9.17, 15) is 9.90 Å². The second-order valence-electron chi connectivity index (χ2n) is 4.97. The predicted molar refractivity (Wildman–Crippen MR) is 75.5 cm³/mol. The number of pyridine rings is 1. The Morgan fingerprint density at radius 1 is 1.30 bits per heavy atom. The van der Waals surface area contributed by atoms with Crippen LogP contribution in [-0.2, 0) is 13.0 Å². The molecule has 2 N–H and O–H groups in total. The summed E-state index contributed by atoms with van der Waals surface area (Å²) < 4.78 is 0. The number of aromatic nitrogens is 1. The van der Waals surface area contributed by atoms with E-state index in [1.165, 1.54) is 0 Å². The van der Waals surface area contributed by atoms with Crippen LogP contribution in [-0.4, -0.2) is 16.1 Å². The average molecular weight is 268 g/mol. The molecule has 0 aliphatic carbocycles. The SMILES string of the molecule is O=C(O)c1cccc2c1CNC2CCc1ccccn1. The number of carboxylic acid groups (broad SMARTS) is 1. The molecular weight excluding hydrogens is 252 g/mol. The van der Waals surface area contributed by atoms with E-state index in [0.717, 1.165) is 29.7 Å². The van der Waals surface area contributed by atoms with Crippen molar-refractivity contribution >= 4 is 5.97 Å². The van der Waals surface area contributed by atoms with E-state index in [4.69, 9.17) is 0 Å². The highest BCUT2D eigenvalue weighted by Gasteiger charge is 2.25. The number of carboxylic acids is 1. The Labute approximate surface area is 117 Å². The molecule has 1 aliphatic rings. The maximum atomic E-state index is 11.2. The zero-order valence-electron chi connectivity index (χ0n) is 11.0. The van der Waals surface area contributed by atoms with Crippen molar-refractivity contribution < 1.29 is 9.90 Å². The molecule has 1 atom stereocenters. The average Bonchev–Trinajstić information content (AvgIpc) is 2.89. The molecule has 0 amide bonds. The predicted octanol–water partition coefficient (Wildman–Crippen LogP) is 2.56. The van der Waals surface area contributed by atoms with Crippen molar-refractivity contribution in [1.82, 2.24) is 10.3 Å². The van der Waals surface area contributed by atoms with Gasteiger partial charge in [0.1, 0.15) is 0 Å². The molecule has 20 heavy (non-hydrogen) atoms. The van der Waals surface area contributed by atoms with Gasteiger partial charge in [-0.2, -0.15) is 0 Å². The molecular formula is C16H16N2O2. The Morgan fingerprint density at radius 2 is 2.20 bits per heavy atom. The lowest BCUT2D eigenvalue weighted by Gasteiger charge is -2.12. The minimum absolute atomic E-state index is 0.214. The number of fused-ring (bicyclic) bond motifs is 1. The topological polar surface area (TPSA) is 62.2 Å². The molecule has 1 aromatic heterocycles. The number of nitrogens with one attached hydrogen (secondary N) is 1. The molecule has 0 spiro atoms. The first-order valence-corrected chi connectivity index (χ1v) is 6.74. The van der Waals surface area contributed by atoms with Gasteiger partial charge in [0.25, 0.3) is 0 Å². The van der Waals surface area contributed by atoms with Crippen LogP contribution in [0.25, 0.3) is 0 Å². The maximum Gasteiger partial charge on any atom is 0.336 e. The third kappa shape index (κ3) is 2.42. The molecule has 1 unspecified atom stereocenters. The van der Waals surface area contributed by atoms with E-state index in [1.54, 1.807) is 12.3 Å². The summed E-state index contributed by atoms with van der Waals surface area (Å²) in [5, 5.41) is 12.6. The largest absolute Gasteiger partial charge is 0.478 e. The summed E-state index contributed by atoms with van der Waals surface area (Å²) in [6.07, 6.45) is 3.61. The summed E-state index contributed by atoms with van der Waals surface area (Å²) in [5.41, 5.74) is 3.51. The normalized spacial score (nSPS) is 16.9. The summed E-state index contributed by atoms with van der Waals surface area (Å²) >= 11 is 0. The first kappa shape index (κ1) is 12.8. The van der Waals surface area contributed by atoms with Gasteiger partial charge in [-0.25, -0.2) is 4.79 Å². The number of benzene rings is 1. The molecule has 0 saturated carbocycles. The Kier molecular flexibility index (Phi) is 3.48. The second-order valence-corrected chi connectivity index (χ2v) is 4.97. The second kappa shape index (κ2) is 5.43. The van der Waals surface area contributed by atoms with E-state index in [0.29, 0.717) is 12.1 Å². The molecule has 0 radical (unpaired) electrons. The highest BCUT2D eigenvalue weighted by Crippen LogP contribution is 2.30. The third-order valence-electron chi connectivity index (χ3n) is 3.76. The van der Waals surface area contributed by atoms with Gasteiger partial charge in [-0.05, 0) is 42.2 Å². The maximum absolute atomic E-state index is 11.2. The van der Waals surface area contributed by atoms with Crippen molar-refractivity contribution in [1.29, 1.82) is 0 Å². The van der Waals surface area contributed by atoms with Crippen LogP contribution >= 0.6 is 0 Å². The number of aryl methyl sites for hydroxylation is 1. The van der Waals surface area contributed by atoms with Crippen LogP contribution in [0, 0.1) is 0 Å². The van der Waals surface area contributed by atoms with Gasteiger partial charge in [0.2, 0.25) is 0 Å². The quantitative estimate of drug-likeness (QED) is 0.894. The zero-order valence-corrected chi connectivity index (χ0v) is 11.0. The van der Waals surface area contributed by atoms with Crippen LogP contribution in [0.4, 0.5) is 0 Å². The van der Waals surface area contributed by atoms with Gasteiger partial charge in [-0.1, -0.05) is 18.2 Å². The van der Waals surface area contributed by atoms with Gasteiger partial charge in [0.15, 0.2) is 0 Å². The minimum Gasteiger partial charge on any atom is -0.478 e. The van der Waals surface area contributed by atoms with E-state index in [1.807, 2.05) is 30.3 Å². The lowest BCUT2D eigenvalue weighted by molar-refractivity contribution is 0.0695. The minimum atomic E-state index is -0.853. The fourth-order valence-corrected chi connectivity index (χ4v) is 2.76. The molecule has 0 bridgehead atoms. The van der Waals surface area contributed by atoms with Gasteiger partial charge in [-0.15, -0.1) is 0 Å². The highest BCUT2D eigenvalue weighted by atomic mass is 16.4. The van der Waals surface area contributed by atoms with Crippen LogP contribution in [0.1, 0.15) is 39.6 Å². The van der Waals surface area contributed by atoms with Crippen molar-refractivity contribution in [2.45, 2.75) is 25.4 Å². The van der Waals surface area contributed by atoms with Crippen LogP contribution in [0.15, 0.2) is 42.6 Å². The summed E-state index contributed by atoms with van der Waals surface area (Å²) in [6.45, 7) is 0.630. The Balaban J connectivity index is 1.77. The molecule has 102 valence electrons. The van der Waals surface area contributed by atoms with Crippen LogP contribution in [0.5, 0.6) is 0 Å². The van der Waals surface area contributed by atoms with Crippen molar-refractivity contribution in [3.63, 3.8) is 0 Å².